The van der Waals surface area contributed by atoms with Crippen LogP contribution in [0.1, 0.15) is 348 Å². The highest BCUT2D eigenvalue weighted by molar-refractivity contribution is 5.71. The van der Waals surface area contributed by atoms with Crippen molar-refractivity contribution < 1.29 is 28.6 Å². The largest absolute Gasteiger partial charge is 0.462 e. The van der Waals surface area contributed by atoms with Crippen molar-refractivity contribution in [2.75, 3.05) is 13.2 Å². The normalized spacial score (nSPS) is 12.3. The SMILES string of the molecule is CCCC/C=C\C/C=C\CCCCCCCC(=O)OCC(COC(=O)CCCCCCCCCCCCCCCCCCCCCCCCCCCCCC)OC(=O)CCCCCCC/C=C\C/C=C\CCCC. The zero-order valence-electron chi connectivity index (χ0n) is 49.6. The Balaban J connectivity index is 4.18. The molecule has 0 radical (unpaired) electrons. The summed E-state index contributed by atoms with van der Waals surface area (Å²) in [5, 5.41) is 0. The fourth-order valence-electron chi connectivity index (χ4n) is 9.60. The molecule has 0 aromatic heterocycles. The van der Waals surface area contributed by atoms with Gasteiger partial charge in [0, 0.05) is 19.3 Å². The summed E-state index contributed by atoms with van der Waals surface area (Å²) in [7, 11) is 0. The van der Waals surface area contributed by atoms with Crippen molar-refractivity contribution in [3.63, 3.8) is 0 Å². The number of esters is 3. The molecule has 0 rings (SSSR count). The summed E-state index contributed by atoms with van der Waals surface area (Å²) in [5.74, 6) is -0.891. The Kier molecular flexibility index (Phi) is 60.7. The summed E-state index contributed by atoms with van der Waals surface area (Å²) in [6.07, 6.45) is 78.5. The third-order valence-corrected chi connectivity index (χ3v) is 14.6. The second kappa shape index (κ2) is 62.9. The number of carbonyl (C=O) groups excluding carboxylic acids is 3. The predicted molar refractivity (Wildman–Crippen MR) is 321 cm³/mol. The van der Waals surface area contributed by atoms with Gasteiger partial charge in [-0.2, -0.15) is 0 Å². The van der Waals surface area contributed by atoms with Gasteiger partial charge in [-0.1, -0.05) is 307 Å². The Morgan fingerprint density at radius 2 is 0.500 bits per heavy atom. The van der Waals surface area contributed by atoms with Gasteiger partial charge in [-0.05, 0) is 70.6 Å². The second-order valence-corrected chi connectivity index (χ2v) is 22.0. The van der Waals surface area contributed by atoms with E-state index in [1.807, 2.05) is 0 Å². The maximum Gasteiger partial charge on any atom is 0.306 e. The Bertz CT molecular complexity index is 1280. The first-order chi connectivity index (χ1) is 36.5. The van der Waals surface area contributed by atoms with Crippen LogP contribution in [0.5, 0.6) is 0 Å². The van der Waals surface area contributed by atoms with Crippen LogP contribution in [0.15, 0.2) is 48.6 Å². The lowest BCUT2D eigenvalue weighted by molar-refractivity contribution is -0.167. The molecular formula is C68H124O6. The van der Waals surface area contributed by atoms with Crippen LogP contribution in [0.4, 0.5) is 0 Å². The van der Waals surface area contributed by atoms with E-state index in [0.717, 1.165) is 103 Å². The lowest BCUT2D eigenvalue weighted by Gasteiger charge is -2.18. The lowest BCUT2D eigenvalue weighted by Crippen LogP contribution is -2.30. The number of hydrogen-bond donors (Lipinski definition) is 0. The average molecular weight is 1040 g/mol. The third kappa shape index (κ3) is 60.2. The molecule has 0 aromatic rings. The van der Waals surface area contributed by atoms with Crippen LogP contribution in [0.3, 0.4) is 0 Å². The minimum atomic E-state index is -0.785. The maximum atomic E-state index is 12.9. The Labute approximate surface area is 460 Å². The molecular weight excluding hydrogens is 913 g/mol. The van der Waals surface area contributed by atoms with Crippen molar-refractivity contribution >= 4 is 17.9 Å². The van der Waals surface area contributed by atoms with Gasteiger partial charge >= 0.3 is 17.9 Å². The molecule has 0 spiro atoms. The molecule has 0 aromatic carbocycles. The molecule has 0 aliphatic heterocycles. The van der Waals surface area contributed by atoms with Crippen LogP contribution in [-0.4, -0.2) is 37.2 Å². The third-order valence-electron chi connectivity index (χ3n) is 14.6. The fraction of sp³-hybridized carbons (Fsp3) is 0.838. The van der Waals surface area contributed by atoms with Gasteiger partial charge in [0.1, 0.15) is 13.2 Å². The lowest BCUT2D eigenvalue weighted by atomic mass is 10.0. The van der Waals surface area contributed by atoms with E-state index < -0.39 is 6.10 Å². The van der Waals surface area contributed by atoms with Gasteiger partial charge in [0.15, 0.2) is 6.10 Å². The minimum Gasteiger partial charge on any atom is -0.462 e. The zero-order valence-corrected chi connectivity index (χ0v) is 49.6. The van der Waals surface area contributed by atoms with E-state index in [9.17, 15) is 14.4 Å². The van der Waals surface area contributed by atoms with Crippen LogP contribution in [0.2, 0.25) is 0 Å². The van der Waals surface area contributed by atoms with Crippen molar-refractivity contribution in [2.45, 2.75) is 354 Å². The van der Waals surface area contributed by atoms with Crippen LogP contribution < -0.4 is 0 Å². The molecule has 0 aliphatic rings. The number of rotatable bonds is 60. The molecule has 0 bridgehead atoms. The highest BCUT2D eigenvalue weighted by Crippen LogP contribution is 2.18. The van der Waals surface area contributed by atoms with Crippen molar-refractivity contribution in [2.24, 2.45) is 0 Å². The second-order valence-electron chi connectivity index (χ2n) is 22.0. The van der Waals surface area contributed by atoms with Crippen LogP contribution >= 0.6 is 0 Å². The number of ether oxygens (including phenoxy) is 3. The van der Waals surface area contributed by atoms with E-state index >= 15 is 0 Å². The van der Waals surface area contributed by atoms with E-state index in [4.69, 9.17) is 14.2 Å². The molecule has 74 heavy (non-hydrogen) atoms. The first-order valence-corrected chi connectivity index (χ1v) is 32.6. The molecule has 6 heteroatoms. The molecule has 1 atom stereocenters. The monoisotopic (exact) mass is 1040 g/mol. The maximum absolute atomic E-state index is 12.9. The van der Waals surface area contributed by atoms with Gasteiger partial charge in [-0.25, -0.2) is 0 Å². The standard InChI is InChI=1S/C68H124O6/c1-4-7-10-13-16-19-22-25-28-29-30-31-32-33-34-35-36-37-38-39-40-41-44-46-49-52-55-58-61-67(70)73-64-65(74-68(71)62-59-56-53-50-47-43-27-24-21-18-15-12-9-6-3)63-72-66(69)60-57-54-51-48-45-42-26-23-20-17-14-11-8-5-2/h14-15,17-18,23-24,26-27,65H,4-13,16,19-22,25,28-64H2,1-3H3/b17-14-,18-15-,26-23-,27-24-. The summed E-state index contributed by atoms with van der Waals surface area (Å²) >= 11 is 0. The minimum absolute atomic E-state index is 0.0803. The van der Waals surface area contributed by atoms with Crippen molar-refractivity contribution in [3.05, 3.63) is 48.6 Å². The summed E-state index contributed by atoms with van der Waals surface area (Å²) < 4.78 is 16.9. The van der Waals surface area contributed by atoms with Gasteiger partial charge in [-0.3, -0.25) is 14.4 Å². The average Bonchev–Trinajstić information content (AvgIpc) is 3.40. The van der Waals surface area contributed by atoms with E-state index in [0.29, 0.717) is 19.3 Å². The van der Waals surface area contributed by atoms with Crippen LogP contribution in [-0.2, 0) is 28.6 Å². The van der Waals surface area contributed by atoms with E-state index in [1.165, 1.54) is 205 Å². The molecule has 0 aliphatic carbocycles. The van der Waals surface area contributed by atoms with Gasteiger partial charge in [0.2, 0.25) is 0 Å². The summed E-state index contributed by atoms with van der Waals surface area (Å²) in [5.41, 5.74) is 0. The Morgan fingerprint density at radius 3 is 0.784 bits per heavy atom. The smallest absolute Gasteiger partial charge is 0.306 e. The first kappa shape index (κ1) is 71.4. The molecule has 6 nitrogen and oxygen atoms in total. The molecule has 0 fully saturated rings. The number of allylic oxidation sites excluding steroid dienone is 8. The quantitative estimate of drug-likeness (QED) is 0.0261. The summed E-state index contributed by atoms with van der Waals surface area (Å²) in [4.78, 5) is 38.2. The van der Waals surface area contributed by atoms with Crippen molar-refractivity contribution in [1.82, 2.24) is 0 Å². The first-order valence-electron chi connectivity index (χ1n) is 32.6. The molecule has 0 saturated heterocycles. The zero-order chi connectivity index (χ0) is 53.6. The molecule has 0 heterocycles. The fourth-order valence-corrected chi connectivity index (χ4v) is 9.60. The molecule has 0 saturated carbocycles. The van der Waals surface area contributed by atoms with Crippen molar-refractivity contribution in [1.29, 1.82) is 0 Å². The van der Waals surface area contributed by atoms with E-state index in [2.05, 4.69) is 69.4 Å². The molecule has 1 unspecified atom stereocenters. The highest BCUT2D eigenvalue weighted by atomic mass is 16.6. The Morgan fingerprint density at radius 1 is 0.270 bits per heavy atom. The molecule has 0 N–H and O–H groups in total. The van der Waals surface area contributed by atoms with E-state index in [1.54, 1.807) is 0 Å². The number of unbranched alkanes of at least 4 members (excludes halogenated alkanes) is 41. The van der Waals surface area contributed by atoms with Gasteiger partial charge in [-0.15, -0.1) is 0 Å². The van der Waals surface area contributed by atoms with Crippen LogP contribution in [0.25, 0.3) is 0 Å². The van der Waals surface area contributed by atoms with Gasteiger partial charge in [0.25, 0.3) is 0 Å². The van der Waals surface area contributed by atoms with Gasteiger partial charge in [0.05, 0.1) is 0 Å². The highest BCUT2D eigenvalue weighted by Gasteiger charge is 2.19. The molecule has 0 amide bonds. The topological polar surface area (TPSA) is 78.9 Å². The summed E-state index contributed by atoms with van der Waals surface area (Å²) in [6.45, 7) is 6.58. The summed E-state index contributed by atoms with van der Waals surface area (Å²) in [6, 6.07) is 0. The van der Waals surface area contributed by atoms with E-state index in [-0.39, 0.29) is 31.1 Å². The van der Waals surface area contributed by atoms with Crippen molar-refractivity contribution in [3.8, 4) is 0 Å². The molecule has 432 valence electrons. The predicted octanol–water partition coefficient (Wildman–Crippen LogP) is 22.2. The number of carbonyl (C=O) groups is 3. The van der Waals surface area contributed by atoms with Gasteiger partial charge < -0.3 is 14.2 Å². The number of hydrogen-bond acceptors (Lipinski definition) is 6. The Hall–Kier alpha value is -2.63. The van der Waals surface area contributed by atoms with Crippen LogP contribution in [0, 0.1) is 0 Å².